The summed E-state index contributed by atoms with van der Waals surface area (Å²) in [4.78, 5) is 9.16. The summed E-state index contributed by atoms with van der Waals surface area (Å²) in [6, 6.07) is 28.3. The third-order valence-corrected chi connectivity index (χ3v) is 7.09. The summed E-state index contributed by atoms with van der Waals surface area (Å²) in [5, 5.41) is 5.16. The predicted molar refractivity (Wildman–Crippen MR) is 131 cm³/mol. The molecule has 0 saturated heterocycles. The van der Waals surface area contributed by atoms with Crippen molar-refractivity contribution in [1.82, 2.24) is 14.5 Å². The SMILES string of the molecule is CC1(C)c2ccc3c(c2-c2ccc4ccccc4c21)c1ccccc1n3-c1ncccn1. The van der Waals surface area contributed by atoms with Crippen LogP contribution in [0.1, 0.15) is 25.0 Å². The van der Waals surface area contributed by atoms with Gasteiger partial charge in [0.1, 0.15) is 0 Å². The Kier molecular flexibility index (Phi) is 3.34. The van der Waals surface area contributed by atoms with Crippen molar-refractivity contribution in [3.8, 4) is 17.1 Å². The van der Waals surface area contributed by atoms with Crippen LogP contribution in [0.3, 0.4) is 0 Å². The van der Waals surface area contributed by atoms with Crippen molar-refractivity contribution in [3.63, 3.8) is 0 Å². The maximum absolute atomic E-state index is 4.58. The van der Waals surface area contributed by atoms with Gasteiger partial charge in [0.2, 0.25) is 5.95 Å². The highest BCUT2D eigenvalue weighted by atomic mass is 15.1. The topological polar surface area (TPSA) is 30.7 Å². The molecule has 1 aliphatic carbocycles. The van der Waals surface area contributed by atoms with Crippen LogP contribution in [-0.4, -0.2) is 14.5 Å². The highest BCUT2D eigenvalue weighted by Crippen LogP contribution is 2.54. The Bertz CT molecular complexity index is 1690. The van der Waals surface area contributed by atoms with Gasteiger partial charge < -0.3 is 0 Å². The van der Waals surface area contributed by atoms with Crippen LogP contribution in [0.15, 0.2) is 91.3 Å². The summed E-state index contributed by atoms with van der Waals surface area (Å²) < 4.78 is 2.19. The first-order valence-electron chi connectivity index (χ1n) is 11.0. The van der Waals surface area contributed by atoms with Gasteiger partial charge in [-0.1, -0.05) is 74.5 Å². The molecule has 3 heteroatoms. The zero-order valence-electron chi connectivity index (χ0n) is 18.0. The maximum Gasteiger partial charge on any atom is 0.234 e. The average Bonchev–Trinajstić information content (AvgIpc) is 3.29. The second-order valence-corrected chi connectivity index (χ2v) is 9.12. The second-order valence-electron chi connectivity index (χ2n) is 9.12. The first-order valence-corrected chi connectivity index (χ1v) is 11.0. The Hall–Kier alpha value is -3.98. The average molecular weight is 412 g/mol. The van der Waals surface area contributed by atoms with Crippen molar-refractivity contribution < 1.29 is 0 Å². The third kappa shape index (κ3) is 2.10. The molecule has 0 amide bonds. The van der Waals surface area contributed by atoms with Gasteiger partial charge in [-0.05, 0) is 51.2 Å². The van der Waals surface area contributed by atoms with Gasteiger partial charge >= 0.3 is 0 Å². The molecule has 0 fully saturated rings. The standard InChI is InChI=1S/C29H21N3/c1-29(2)22-14-15-24-26(25(22)21-13-12-18-8-3-4-9-19(18)27(21)29)20-10-5-6-11-23(20)32(24)28-30-16-7-17-31-28/h3-17H,1-2H3. The quantitative estimate of drug-likeness (QED) is 0.291. The van der Waals surface area contributed by atoms with Gasteiger partial charge in [0, 0.05) is 28.6 Å². The lowest BCUT2D eigenvalue weighted by Crippen LogP contribution is -2.15. The molecule has 0 saturated carbocycles. The first-order chi connectivity index (χ1) is 15.7. The van der Waals surface area contributed by atoms with Crippen LogP contribution >= 0.6 is 0 Å². The van der Waals surface area contributed by atoms with E-state index in [0.29, 0.717) is 5.95 Å². The monoisotopic (exact) mass is 411 g/mol. The van der Waals surface area contributed by atoms with Crippen molar-refractivity contribution in [2.24, 2.45) is 0 Å². The zero-order valence-corrected chi connectivity index (χ0v) is 18.0. The van der Waals surface area contributed by atoms with Crippen molar-refractivity contribution in [3.05, 3.63) is 102 Å². The van der Waals surface area contributed by atoms with Crippen molar-refractivity contribution in [2.75, 3.05) is 0 Å². The Morgan fingerprint density at radius 1 is 0.688 bits per heavy atom. The molecule has 0 aliphatic heterocycles. The van der Waals surface area contributed by atoms with Crippen LogP contribution in [0.25, 0.3) is 49.7 Å². The number of rotatable bonds is 1. The number of aromatic nitrogens is 3. The summed E-state index contributed by atoms with van der Waals surface area (Å²) in [5.74, 6) is 0.703. The van der Waals surface area contributed by atoms with Crippen molar-refractivity contribution in [1.29, 1.82) is 0 Å². The molecule has 7 rings (SSSR count). The fraction of sp³-hybridized carbons (Fsp3) is 0.103. The Morgan fingerprint density at radius 3 is 2.28 bits per heavy atom. The number of hydrogen-bond acceptors (Lipinski definition) is 2. The Morgan fingerprint density at radius 2 is 1.44 bits per heavy atom. The molecule has 32 heavy (non-hydrogen) atoms. The van der Waals surface area contributed by atoms with Gasteiger partial charge in [-0.25, -0.2) is 9.97 Å². The summed E-state index contributed by atoms with van der Waals surface area (Å²) in [5.41, 5.74) is 7.69. The lowest BCUT2D eigenvalue weighted by molar-refractivity contribution is 0.666. The van der Waals surface area contributed by atoms with E-state index in [1.54, 1.807) is 12.4 Å². The van der Waals surface area contributed by atoms with Gasteiger partial charge in [-0.2, -0.15) is 0 Å². The normalized spacial score (nSPS) is 14.2. The van der Waals surface area contributed by atoms with Crippen LogP contribution in [0.5, 0.6) is 0 Å². The number of hydrogen-bond donors (Lipinski definition) is 0. The highest BCUT2D eigenvalue weighted by molar-refractivity contribution is 6.18. The molecule has 6 aromatic rings. The van der Waals surface area contributed by atoms with Gasteiger partial charge in [0.15, 0.2) is 0 Å². The lowest BCUT2D eigenvalue weighted by Gasteiger charge is -2.23. The number of para-hydroxylation sites is 1. The van der Waals surface area contributed by atoms with Crippen LogP contribution in [0.2, 0.25) is 0 Å². The summed E-state index contributed by atoms with van der Waals surface area (Å²) in [7, 11) is 0. The molecule has 0 spiro atoms. The summed E-state index contributed by atoms with van der Waals surface area (Å²) in [6.07, 6.45) is 3.61. The molecule has 0 unspecified atom stereocenters. The zero-order chi connectivity index (χ0) is 21.4. The molecule has 3 nitrogen and oxygen atoms in total. The molecule has 1 aliphatic rings. The van der Waals surface area contributed by atoms with Crippen LogP contribution in [-0.2, 0) is 5.41 Å². The predicted octanol–water partition coefficient (Wildman–Crippen LogP) is 7.03. The number of nitrogens with zero attached hydrogens (tertiary/aromatic N) is 3. The van der Waals surface area contributed by atoms with Crippen LogP contribution < -0.4 is 0 Å². The van der Waals surface area contributed by atoms with Crippen LogP contribution in [0.4, 0.5) is 0 Å². The minimum atomic E-state index is -0.0772. The van der Waals surface area contributed by atoms with Gasteiger partial charge in [0.05, 0.1) is 11.0 Å². The van der Waals surface area contributed by atoms with E-state index in [9.17, 15) is 0 Å². The molecular formula is C29H21N3. The van der Waals surface area contributed by atoms with Crippen molar-refractivity contribution in [2.45, 2.75) is 19.3 Å². The van der Waals surface area contributed by atoms with E-state index in [4.69, 9.17) is 0 Å². The smallest absolute Gasteiger partial charge is 0.234 e. The summed E-state index contributed by atoms with van der Waals surface area (Å²) in [6.45, 7) is 4.71. The largest absolute Gasteiger partial charge is 0.278 e. The third-order valence-electron chi connectivity index (χ3n) is 7.09. The Labute approximate surface area is 186 Å². The minimum absolute atomic E-state index is 0.0772. The number of benzene rings is 4. The number of fused-ring (bicyclic) bond motifs is 9. The van der Waals surface area contributed by atoms with Gasteiger partial charge in [0.25, 0.3) is 0 Å². The molecule has 0 bridgehead atoms. The summed E-state index contributed by atoms with van der Waals surface area (Å²) >= 11 is 0. The molecular weight excluding hydrogens is 390 g/mol. The van der Waals surface area contributed by atoms with Gasteiger partial charge in [-0.3, -0.25) is 4.57 Å². The molecule has 2 heterocycles. The van der Waals surface area contributed by atoms with E-state index in [1.165, 1.54) is 43.8 Å². The van der Waals surface area contributed by atoms with E-state index in [0.717, 1.165) is 11.0 Å². The van der Waals surface area contributed by atoms with Gasteiger partial charge in [-0.15, -0.1) is 0 Å². The minimum Gasteiger partial charge on any atom is -0.278 e. The van der Waals surface area contributed by atoms with E-state index >= 15 is 0 Å². The molecule has 2 aromatic heterocycles. The fourth-order valence-electron chi connectivity index (χ4n) is 5.77. The van der Waals surface area contributed by atoms with E-state index in [2.05, 4.69) is 101 Å². The molecule has 0 N–H and O–H groups in total. The highest BCUT2D eigenvalue weighted by Gasteiger charge is 2.38. The second kappa shape index (κ2) is 6.04. The molecule has 0 atom stereocenters. The maximum atomic E-state index is 4.58. The Balaban J connectivity index is 1.70. The first kappa shape index (κ1) is 17.7. The van der Waals surface area contributed by atoms with Crippen LogP contribution in [0, 0.1) is 0 Å². The van der Waals surface area contributed by atoms with Crippen molar-refractivity contribution >= 4 is 32.6 Å². The van der Waals surface area contributed by atoms with E-state index < -0.39 is 0 Å². The molecule has 152 valence electrons. The molecule has 0 radical (unpaired) electrons. The molecule has 4 aromatic carbocycles. The fourth-order valence-corrected chi connectivity index (χ4v) is 5.77. The van der Waals surface area contributed by atoms with E-state index in [-0.39, 0.29) is 5.41 Å². The lowest BCUT2D eigenvalue weighted by atomic mass is 9.80. The van der Waals surface area contributed by atoms with E-state index in [1.807, 2.05) is 6.07 Å².